The Balaban J connectivity index is 2.17. The molecule has 1 saturated heterocycles. The lowest BCUT2D eigenvalue weighted by Gasteiger charge is -2.37. The van der Waals surface area contributed by atoms with Crippen LogP contribution in [0.4, 0.5) is 11.8 Å². The third-order valence-electron chi connectivity index (χ3n) is 3.31. The highest BCUT2D eigenvalue weighted by Crippen LogP contribution is 2.22. The summed E-state index contributed by atoms with van der Waals surface area (Å²) in [5, 5.41) is 12.5. The van der Waals surface area contributed by atoms with Crippen LogP contribution in [0.3, 0.4) is 0 Å². The van der Waals surface area contributed by atoms with Gasteiger partial charge < -0.3 is 20.1 Å². The summed E-state index contributed by atoms with van der Waals surface area (Å²) >= 11 is 0. The van der Waals surface area contributed by atoms with E-state index in [0.717, 1.165) is 30.9 Å². The molecule has 1 aromatic heterocycles. The number of morpholine rings is 1. The van der Waals surface area contributed by atoms with E-state index in [9.17, 15) is 5.11 Å². The minimum Gasteiger partial charge on any atom is -0.394 e. The Morgan fingerprint density at radius 3 is 3.00 bits per heavy atom. The Kier molecular flexibility index (Phi) is 5.14. The zero-order chi connectivity index (χ0) is 14.5. The maximum Gasteiger partial charge on any atom is 0.224 e. The van der Waals surface area contributed by atoms with Gasteiger partial charge in [0, 0.05) is 31.4 Å². The van der Waals surface area contributed by atoms with Gasteiger partial charge in [-0.2, -0.15) is 4.98 Å². The van der Waals surface area contributed by atoms with Crippen LogP contribution in [0.5, 0.6) is 0 Å². The van der Waals surface area contributed by atoms with Gasteiger partial charge in [-0.05, 0) is 20.3 Å². The minimum absolute atomic E-state index is 0.0336. The number of anilines is 2. The Hall–Kier alpha value is -1.40. The van der Waals surface area contributed by atoms with Gasteiger partial charge in [0.25, 0.3) is 0 Å². The molecule has 6 nitrogen and oxygen atoms in total. The summed E-state index contributed by atoms with van der Waals surface area (Å²) in [4.78, 5) is 11.1. The van der Waals surface area contributed by atoms with E-state index in [2.05, 4.69) is 27.1 Å². The Morgan fingerprint density at radius 1 is 1.50 bits per heavy atom. The first kappa shape index (κ1) is 15.0. The van der Waals surface area contributed by atoms with Crippen LogP contribution in [0, 0.1) is 6.92 Å². The summed E-state index contributed by atoms with van der Waals surface area (Å²) < 4.78 is 5.67. The molecule has 2 rings (SSSR count). The fourth-order valence-electron chi connectivity index (χ4n) is 2.39. The van der Waals surface area contributed by atoms with E-state index in [1.165, 1.54) is 0 Å². The number of rotatable bonds is 5. The Labute approximate surface area is 120 Å². The molecule has 1 aliphatic rings. The average molecular weight is 280 g/mol. The summed E-state index contributed by atoms with van der Waals surface area (Å²) in [6.45, 7) is 8.47. The molecule has 1 aliphatic heterocycles. The number of aliphatic hydroxyl groups excluding tert-OH is 1. The van der Waals surface area contributed by atoms with Gasteiger partial charge in [0.2, 0.25) is 5.95 Å². The van der Waals surface area contributed by atoms with Crippen LogP contribution in [-0.4, -0.2) is 53.5 Å². The lowest BCUT2D eigenvalue weighted by Crippen LogP contribution is -2.48. The smallest absolute Gasteiger partial charge is 0.224 e. The quantitative estimate of drug-likeness (QED) is 0.844. The summed E-state index contributed by atoms with van der Waals surface area (Å²) in [6, 6.07) is 0. The van der Waals surface area contributed by atoms with Crippen molar-refractivity contribution >= 4 is 11.8 Å². The first-order chi connectivity index (χ1) is 9.63. The molecule has 20 heavy (non-hydrogen) atoms. The fraction of sp³-hybridized carbons (Fsp3) is 0.714. The normalized spacial score (nSPS) is 22.9. The topological polar surface area (TPSA) is 70.5 Å². The molecule has 2 heterocycles. The van der Waals surface area contributed by atoms with Crippen molar-refractivity contribution in [2.75, 3.05) is 36.5 Å². The van der Waals surface area contributed by atoms with E-state index >= 15 is 0 Å². The van der Waals surface area contributed by atoms with Gasteiger partial charge >= 0.3 is 0 Å². The van der Waals surface area contributed by atoms with Crippen LogP contribution in [0.2, 0.25) is 0 Å². The minimum atomic E-state index is -0.153. The summed E-state index contributed by atoms with van der Waals surface area (Å²) in [5.41, 5.74) is 1.04. The molecule has 0 amide bonds. The summed E-state index contributed by atoms with van der Waals surface area (Å²) in [6.07, 6.45) is 2.81. The SMILES string of the molecule is CCCNc1ncc(C)c(N2CC(C)OC(CO)C2)n1. The van der Waals surface area contributed by atoms with Crippen LogP contribution in [-0.2, 0) is 4.74 Å². The van der Waals surface area contributed by atoms with Crippen molar-refractivity contribution < 1.29 is 9.84 Å². The van der Waals surface area contributed by atoms with E-state index in [1.807, 2.05) is 20.0 Å². The van der Waals surface area contributed by atoms with E-state index in [0.29, 0.717) is 12.5 Å². The maximum absolute atomic E-state index is 9.32. The molecule has 0 radical (unpaired) electrons. The number of aryl methyl sites for hydroxylation is 1. The molecule has 112 valence electrons. The van der Waals surface area contributed by atoms with Gasteiger partial charge in [0.05, 0.1) is 18.8 Å². The molecular weight excluding hydrogens is 256 g/mol. The van der Waals surface area contributed by atoms with Crippen LogP contribution in [0.15, 0.2) is 6.20 Å². The molecular formula is C14H24N4O2. The van der Waals surface area contributed by atoms with Crippen LogP contribution >= 0.6 is 0 Å². The van der Waals surface area contributed by atoms with Crippen molar-refractivity contribution in [3.8, 4) is 0 Å². The largest absolute Gasteiger partial charge is 0.394 e. The number of hydrogen-bond donors (Lipinski definition) is 2. The van der Waals surface area contributed by atoms with Crippen molar-refractivity contribution in [2.24, 2.45) is 0 Å². The van der Waals surface area contributed by atoms with Crippen molar-refractivity contribution in [2.45, 2.75) is 39.4 Å². The highest BCUT2D eigenvalue weighted by Gasteiger charge is 2.26. The molecule has 1 fully saturated rings. The number of nitrogens with zero attached hydrogens (tertiary/aromatic N) is 3. The number of aromatic nitrogens is 2. The maximum atomic E-state index is 9.32. The standard InChI is InChI=1S/C14H24N4O2/c1-4-5-15-14-16-6-10(2)13(17-14)18-7-11(3)20-12(8-18)9-19/h6,11-12,19H,4-5,7-9H2,1-3H3,(H,15,16,17). The highest BCUT2D eigenvalue weighted by atomic mass is 16.5. The molecule has 6 heteroatoms. The molecule has 2 N–H and O–H groups in total. The van der Waals surface area contributed by atoms with Crippen LogP contribution in [0.25, 0.3) is 0 Å². The van der Waals surface area contributed by atoms with E-state index in [1.54, 1.807) is 0 Å². The highest BCUT2D eigenvalue weighted by molar-refractivity contribution is 5.49. The third kappa shape index (κ3) is 3.58. The van der Waals surface area contributed by atoms with Gasteiger partial charge in [-0.1, -0.05) is 6.92 Å². The van der Waals surface area contributed by atoms with E-state index < -0.39 is 0 Å². The molecule has 2 atom stereocenters. The third-order valence-corrected chi connectivity index (χ3v) is 3.31. The first-order valence-electron chi connectivity index (χ1n) is 7.22. The van der Waals surface area contributed by atoms with Gasteiger partial charge in [0.1, 0.15) is 5.82 Å². The van der Waals surface area contributed by atoms with Crippen LogP contribution < -0.4 is 10.2 Å². The van der Waals surface area contributed by atoms with Crippen LogP contribution in [0.1, 0.15) is 25.8 Å². The predicted molar refractivity (Wildman–Crippen MR) is 79.2 cm³/mol. The lowest BCUT2D eigenvalue weighted by atomic mass is 10.2. The van der Waals surface area contributed by atoms with Crippen molar-refractivity contribution in [1.82, 2.24) is 9.97 Å². The first-order valence-corrected chi connectivity index (χ1v) is 7.22. The van der Waals surface area contributed by atoms with Crippen molar-refractivity contribution in [3.63, 3.8) is 0 Å². The number of hydrogen-bond acceptors (Lipinski definition) is 6. The predicted octanol–water partition coefficient (Wildman–Crippen LogP) is 1.19. The number of aliphatic hydroxyl groups is 1. The molecule has 0 saturated carbocycles. The molecule has 1 aromatic rings. The molecule has 0 spiro atoms. The summed E-state index contributed by atoms with van der Waals surface area (Å²) in [5.74, 6) is 1.58. The molecule has 2 unspecified atom stereocenters. The number of ether oxygens (including phenoxy) is 1. The Bertz CT molecular complexity index is 441. The monoisotopic (exact) mass is 280 g/mol. The van der Waals surface area contributed by atoms with Crippen molar-refractivity contribution in [3.05, 3.63) is 11.8 Å². The molecule has 0 bridgehead atoms. The molecule has 0 aliphatic carbocycles. The second-order valence-electron chi connectivity index (χ2n) is 5.28. The zero-order valence-electron chi connectivity index (χ0n) is 12.5. The van der Waals surface area contributed by atoms with Gasteiger partial charge in [-0.3, -0.25) is 0 Å². The number of nitrogens with one attached hydrogen (secondary N) is 1. The lowest BCUT2D eigenvalue weighted by molar-refractivity contribution is -0.0423. The average Bonchev–Trinajstić information content (AvgIpc) is 2.45. The molecule has 0 aromatic carbocycles. The fourth-order valence-corrected chi connectivity index (χ4v) is 2.39. The van der Waals surface area contributed by atoms with Gasteiger partial charge in [0.15, 0.2) is 0 Å². The second-order valence-corrected chi connectivity index (χ2v) is 5.28. The Morgan fingerprint density at radius 2 is 2.30 bits per heavy atom. The zero-order valence-corrected chi connectivity index (χ0v) is 12.5. The van der Waals surface area contributed by atoms with E-state index in [-0.39, 0.29) is 18.8 Å². The van der Waals surface area contributed by atoms with E-state index in [4.69, 9.17) is 4.74 Å². The second kappa shape index (κ2) is 6.85. The van der Waals surface area contributed by atoms with Crippen molar-refractivity contribution in [1.29, 1.82) is 0 Å². The summed E-state index contributed by atoms with van der Waals surface area (Å²) in [7, 11) is 0. The van der Waals surface area contributed by atoms with Gasteiger partial charge in [-0.25, -0.2) is 4.98 Å². The van der Waals surface area contributed by atoms with Gasteiger partial charge in [-0.15, -0.1) is 0 Å².